The van der Waals surface area contributed by atoms with Crippen molar-refractivity contribution in [3.05, 3.63) is 53.5 Å². The molecule has 10 heteroatoms. The van der Waals surface area contributed by atoms with Gasteiger partial charge in [-0.3, -0.25) is 0 Å². The number of hydrogen-bond acceptors (Lipinski definition) is 4. The first-order valence-electron chi connectivity index (χ1n) is 7.82. The molecule has 0 aliphatic carbocycles. The van der Waals surface area contributed by atoms with E-state index in [2.05, 4.69) is 4.98 Å². The molecule has 27 heavy (non-hydrogen) atoms. The normalized spacial score (nSPS) is 14.7. The maximum Gasteiger partial charge on any atom is 0.421 e. The van der Waals surface area contributed by atoms with E-state index in [0.717, 1.165) is 29.2 Å². The van der Waals surface area contributed by atoms with Gasteiger partial charge >= 0.3 is 12.3 Å². The molecule has 0 atom stereocenters. The van der Waals surface area contributed by atoms with Crippen LogP contribution in [0.1, 0.15) is 11.3 Å². The van der Waals surface area contributed by atoms with Crippen molar-refractivity contribution in [2.45, 2.75) is 18.9 Å². The van der Waals surface area contributed by atoms with Gasteiger partial charge in [0.15, 0.2) is 0 Å². The minimum atomic E-state index is -4.68. The van der Waals surface area contributed by atoms with Crippen LogP contribution in [-0.2, 0) is 17.5 Å². The van der Waals surface area contributed by atoms with Crippen LogP contribution in [0.3, 0.4) is 0 Å². The van der Waals surface area contributed by atoms with Gasteiger partial charge in [-0.2, -0.15) is 13.2 Å². The SMILES string of the molecule is O=C(O)N1CC(OCc2ccc(C(F)(F)F)c(Oc3ccc(F)cc3)n2)C1. The van der Waals surface area contributed by atoms with Crippen molar-refractivity contribution >= 4 is 6.09 Å². The Morgan fingerprint density at radius 1 is 1.19 bits per heavy atom. The summed E-state index contributed by atoms with van der Waals surface area (Å²) in [6.07, 6.45) is -6.08. The molecular formula is C17H14F4N2O4. The molecule has 1 amide bonds. The van der Waals surface area contributed by atoms with Crippen LogP contribution in [0.5, 0.6) is 11.6 Å². The largest absolute Gasteiger partial charge is 0.465 e. The van der Waals surface area contributed by atoms with E-state index in [0.29, 0.717) is 0 Å². The molecule has 2 aromatic rings. The third-order valence-corrected chi connectivity index (χ3v) is 3.84. The summed E-state index contributed by atoms with van der Waals surface area (Å²) < 4.78 is 63.1. The maximum atomic E-state index is 13.2. The molecule has 3 rings (SSSR count). The quantitative estimate of drug-likeness (QED) is 0.789. The molecule has 1 aromatic heterocycles. The summed E-state index contributed by atoms with van der Waals surface area (Å²) in [7, 11) is 0. The third-order valence-electron chi connectivity index (χ3n) is 3.84. The Bertz CT molecular complexity index is 821. The molecule has 144 valence electrons. The van der Waals surface area contributed by atoms with Gasteiger partial charge < -0.3 is 19.5 Å². The molecule has 2 heterocycles. The highest BCUT2D eigenvalue weighted by Gasteiger charge is 2.36. The fraction of sp³-hybridized carbons (Fsp3) is 0.294. The van der Waals surface area contributed by atoms with Gasteiger partial charge in [0, 0.05) is 0 Å². The van der Waals surface area contributed by atoms with Crippen LogP contribution >= 0.6 is 0 Å². The van der Waals surface area contributed by atoms with Crippen molar-refractivity contribution < 1.29 is 36.9 Å². The zero-order valence-electron chi connectivity index (χ0n) is 13.7. The van der Waals surface area contributed by atoms with Crippen LogP contribution in [0.4, 0.5) is 22.4 Å². The minimum absolute atomic E-state index is 0.00330. The number of aromatic nitrogens is 1. The van der Waals surface area contributed by atoms with Gasteiger partial charge in [0.25, 0.3) is 0 Å². The maximum absolute atomic E-state index is 13.2. The highest BCUT2D eigenvalue weighted by Crippen LogP contribution is 2.37. The van der Waals surface area contributed by atoms with E-state index in [4.69, 9.17) is 14.6 Å². The molecule has 1 aliphatic rings. The second-order valence-electron chi connectivity index (χ2n) is 5.83. The molecule has 0 saturated carbocycles. The summed E-state index contributed by atoms with van der Waals surface area (Å²) in [5.41, 5.74) is -0.884. The van der Waals surface area contributed by atoms with Crippen molar-refractivity contribution in [1.29, 1.82) is 0 Å². The van der Waals surface area contributed by atoms with Gasteiger partial charge in [-0.1, -0.05) is 0 Å². The van der Waals surface area contributed by atoms with Crippen LogP contribution < -0.4 is 4.74 Å². The molecule has 1 aliphatic heterocycles. The van der Waals surface area contributed by atoms with Crippen molar-refractivity contribution in [1.82, 2.24) is 9.88 Å². The average Bonchev–Trinajstić information content (AvgIpc) is 2.54. The first kappa shape index (κ1) is 18.9. The number of nitrogens with zero attached hydrogens (tertiary/aromatic N) is 2. The highest BCUT2D eigenvalue weighted by molar-refractivity contribution is 5.66. The minimum Gasteiger partial charge on any atom is -0.465 e. The van der Waals surface area contributed by atoms with E-state index < -0.39 is 29.5 Å². The monoisotopic (exact) mass is 386 g/mol. The van der Waals surface area contributed by atoms with Gasteiger partial charge in [-0.15, -0.1) is 0 Å². The molecule has 0 radical (unpaired) electrons. The van der Waals surface area contributed by atoms with Crippen LogP contribution in [0, 0.1) is 5.82 Å². The van der Waals surface area contributed by atoms with E-state index in [1.807, 2.05) is 0 Å². The number of carboxylic acid groups (broad SMARTS) is 1. The van der Waals surface area contributed by atoms with E-state index in [1.165, 1.54) is 12.1 Å². The standard InChI is InChI=1S/C17H14F4N2O4/c18-10-1-4-12(5-2-10)27-15-14(17(19,20)21)6-3-11(22-15)9-26-13-7-23(8-13)16(24)25/h1-6,13H,7-9H2,(H,24,25). The number of likely N-dealkylation sites (tertiary alicyclic amines) is 1. The predicted octanol–water partition coefficient (Wildman–Crippen LogP) is 3.91. The van der Waals surface area contributed by atoms with E-state index in [1.54, 1.807) is 0 Å². The number of hydrogen-bond donors (Lipinski definition) is 1. The Labute approximate surface area is 150 Å². The number of halogens is 4. The molecule has 0 bridgehead atoms. The summed E-state index contributed by atoms with van der Waals surface area (Å²) in [6.45, 7) is 0.278. The molecule has 1 saturated heterocycles. The first-order valence-corrected chi connectivity index (χ1v) is 7.82. The fourth-order valence-electron chi connectivity index (χ4n) is 2.37. The number of ether oxygens (including phenoxy) is 2. The molecule has 1 N–H and O–H groups in total. The summed E-state index contributed by atoms with van der Waals surface area (Å²) in [4.78, 5) is 15.7. The summed E-state index contributed by atoms with van der Waals surface area (Å²) in [6, 6.07) is 6.48. The van der Waals surface area contributed by atoms with Crippen LogP contribution in [0.15, 0.2) is 36.4 Å². The van der Waals surface area contributed by atoms with Crippen LogP contribution in [0.2, 0.25) is 0 Å². The van der Waals surface area contributed by atoms with Crippen molar-refractivity contribution in [3.8, 4) is 11.6 Å². The van der Waals surface area contributed by atoms with Gasteiger partial charge in [0.05, 0.1) is 31.5 Å². The number of benzene rings is 1. The zero-order chi connectivity index (χ0) is 19.6. The number of carbonyl (C=O) groups is 1. The lowest BCUT2D eigenvalue weighted by Gasteiger charge is -2.36. The average molecular weight is 386 g/mol. The van der Waals surface area contributed by atoms with Gasteiger partial charge in [-0.05, 0) is 36.4 Å². The lowest BCUT2D eigenvalue weighted by Crippen LogP contribution is -2.54. The summed E-state index contributed by atoms with van der Waals surface area (Å²) in [5.74, 6) is -1.22. The van der Waals surface area contributed by atoms with Crippen molar-refractivity contribution in [3.63, 3.8) is 0 Å². The number of amides is 1. The summed E-state index contributed by atoms with van der Waals surface area (Å²) >= 11 is 0. The predicted molar refractivity (Wildman–Crippen MR) is 83.9 cm³/mol. The molecular weight excluding hydrogens is 372 g/mol. The van der Waals surface area contributed by atoms with Gasteiger partial charge in [0.1, 0.15) is 17.1 Å². The van der Waals surface area contributed by atoms with E-state index >= 15 is 0 Å². The molecule has 1 aromatic carbocycles. The Morgan fingerprint density at radius 2 is 1.85 bits per heavy atom. The fourth-order valence-corrected chi connectivity index (χ4v) is 2.37. The van der Waals surface area contributed by atoms with Crippen molar-refractivity contribution in [2.75, 3.05) is 13.1 Å². The molecule has 1 fully saturated rings. The topological polar surface area (TPSA) is 71.9 Å². The molecule has 0 spiro atoms. The van der Waals surface area contributed by atoms with Gasteiger partial charge in [0.2, 0.25) is 5.88 Å². The second-order valence-corrected chi connectivity index (χ2v) is 5.83. The smallest absolute Gasteiger partial charge is 0.421 e. The number of rotatable bonds is 5. The lowest BCUT2D eigenvalue weighted by molar-refractivity contribution is -0.138. The first-order chi connectivity index (χ1) is 12.7. The molecule has 6 nitrogen and oxygen atoms in total. The van der Waals surface area contributed by atoms with E-state index in [9.17, 15) is 22.4 Å². The third kappa shape index (κ3) is 4.64. The van der Waals surface area contributed by atoms with Gasteiger partial charge in [-0.25, -0.2) is 14.2 Å². The zero-order valence-corrected chi connectivity index (χ0v) is 13.7. The lowest BCUT2D eigenvalue weighted by atomic mass is 10.2. The van der Waals surface area contributed by atoms with E-state index in [-0.39, 0.29) is 37.2 Å². The van der Waals surface area contributed by atoms with Crippen LogP contribution in [0.25, 0.3) is 0 Å². The Kier molecular flexibility index (Phi) is 5.17. The Balaban J connectivity index is 1.72. The molecule has 0 unspecified atom stereocenters. The Hall–Kier alpha value is -2.88. The van der Waals surface area contributed by atoms with Crippen LogP contribution in [-0.4, -0.2) is 40.3 Å². The van der Waals surface area contributed by atoms with Crippen molar-refractivity contribution in [2.24, 2.45) is 0 Å². The number of alkyl halides is 3. The second kappa shape index (κ2) is 7.39. The Morgan fingerprint density at radius 3 is 2.44 bits per heavy atom. The number of pyridine rings is 1. The highest BCUT2D eigenvalue weighted by atomic mass is 19.4. The summed E-state index contributed by atoms with van der Waals surface area (Å²) in [5, 5.41) is 8.75.